The fourth-order valence-electron chi connectivity index (χ4n) is 12.0. The minimum atomic E-state index is 1.24. The maximum absolute atomic E-state index is 2.51. The molecule has 13 aromatic carbocycles. The van der Waals surface area contributed by atoms with Crippen molar-refractivity contribution in [2.45, 2.75) is 6.92 Å². The average Bonchev–Trinajstić information content (AvgIpc) is 3.92. The number of thiophene rings is 1. The van der Waals surface area contributed by atoms with E-state index < -0.39 is 0 Å². The molecule has 0 fully saturated rings. The van der Waals surface area contributed by atoms with E-state index in [0.29, 0.717) is 0 Å². The van der Waals surface area contributed by atoms with Crippen molar-refractivity contribution in [1.82, 2.24) is 0 Å². The molecular formula is C65H38S. The van der Waals surface area contributed by atoms with Crippen molar-refractivity contribution in [2.75, 3.05) is 0 Å². The molecule has 0 atom stereocenters. The molecule has 0 saturated heterocycles. The molecule has 0 nitrogen and oxygen atoms in total. The average molecular weight is 851 g/mol. The summed E-state index contributed by atoms with van der Waals surface area (Å²) in [5.74, 6) is 0. The van der Waals surface area contributed by atoms with Gasteiger partial charge >= 0.3 is 0 Å². The Morgan fingerprint density at radius 3 is 1.55 bits per heavy atom. The first-order valence-electron chi connectivity index (χ1n) is 23.0. The second-order valence-corrected chi connectivity index (χ2v) is 19.3. The highest BCUT2D eigenvalue weighted by molar-refractivity contribution is 7.26. The first kappa shape index (κ1) is 36.3. The zero-order chi connectivity index (χ0) is 43.2. The Kier molecular flexibility index (Phi) is 7.40. The van der Waals surface area contributed by atoms with Gasteiger partial charge in [0.05, 0.1) is 0 Å². The highest BCUT2D eigenvalue weighted by atomic mass is 32.1. The molecule has 0 amide bonds. The highest BCUT2D eigenvalue weighted by Gasteiger charge is 2.32. The Balaban J connectivity index is 1.04. The van der Waals surface area contributed by atoms with Gasteiger partial charge in [-0.25, -0.2) is 0 Å². The van der Waals surface area contributed by atoms with Gasteiger partial charge in [-0.05, 0) is 151 Å². The zero-order valence-electron chi connectivity index (χ0n) is 36.1. The van der Waals surface area contributed by atoms with Crippen molar-refractivity contribution in [1.29, 1.82) is 0 Å². The van der Waals surface area contributed by atoms with E-state index in [1.807, 2.05) is 11.3 Å². The monoisotopic (exact) mass is 850 g/mol. The van der Waals surface area contributed by atoms with Crippen LogP contribution in [0.2, 0.25) is 0 Å². The van der Waals surface area contributed by atoms with Crippen LogP contribution in [0.5, 0.6) is 0 Å². The van der Waals surface area contributed by atoms with E-state index in [0.717, 1.165) is 0 Å². The second kappa shape index (κ2) is 13.5. The summed E-state index contributed by atoms with van der Waals surface area (Å²) in [7, 11) is 0. The molecule has 0 spiro atoms. The summed E-state index contributed by atoms with van der Waals surface area (Å²) in [5, 5.41) is 18.4. The molecule has 0 saturated carbocycles. The molecule has 14 aromatic rings. The molecule has 1 aliphatic rings. The summed E-state index contributed by atoms with van der Waals surface area (Å²) < 4.78 is 2.64. The molecule has 0 bridgehead atoms. The Morgan fingerprint density at radius 2 is 0.803 bits per heavy atom. The third kappa shape index (κ3) is 4.88. The lowest BCUT2D eigenvalue weighted by Gasteiger charge is -2.20. The van der Waals surface area contributed by atoms with Crippen LogP contribution in [0.25, 0.3) is 152 Å². The van der Waals surface area contributed by atoms with Crippen LogP contribution < -0.4 is 0 Å². The largest absolute Gasteiger partial charge is 0.135 e. The van der Waals surface area contributed by atoms with Gasteiger partial charge in [0.1, 0.15) is 0 Å². The Hall–Kier alpha value is -8.10. The predicted molar refractivity (Wildman–Crippen MR) is 286 cm³/mol. The number of aryl methyl sites for hydroxylation is 1. The molecular weight excluding hydrogens is 813 g/mol. The Bertz CT molecular complexity index is 4330. The van der Waals surface area contributed by atoms with Gasteiger partial charge in [-0.15, -0.1) is 11.3 Å². The lowest BCUT2D eigenvalue weighted by Crippen LogP contribution is -1.93. The van der Waals surface area contributed by atoms with Crippen molar-refractivity contribution in [3.05, 3.63) is 218 Å². The van der Waals surface area contributed by atoms with Crippen molar-refractivity contribution < 1.29 is 0 Å². The number of benzene rings is 13. The fourth-order valence-corrected chi connectivity index (χ4v) is 13.3. The highest BCUT2D eigenvalue weighted by Crippen LogP contribution is 2.59. The second-order valence-electron chi connectivity index (χ2n) is 18.3. The van der Waals surface area contributed by atoms with Gasteiger partial charge in [0.25, 0.3) is 0 Å². The van der Waals surface area contributed by atoms with Gasteiger partial charge in [-0.1, -0.05) is 200 Å². The molecule has 0 N–H and O–H groups in total. The number of hydrogen-bond donors (Lipinski definition) is 0. The molecule has 1 aromatic heterocycles. The summed E-state index contributed by atoms with van der Waals surface area (Å²) in [5.41, 5.74) is 16.7. The molecule has 1 aliphatic carbocycles. The standard InChI is InChI=1S/C65H38S/c1-37-27-29-40(30-28-37)60-50-19-6-5-18-49(50)59(39-13-3-2-4-14-39)63-53-25-12-23-46-43(32-34-54(62(46)53)64(60)63)55-35-41(36-56-44-17-7-8-26-57(44)66-65(55)56)42-31-33-52-48-21-10-16-38-15-9-20-47(58(38)48)51-24-11-22-45(42)61(51)52/h2-36H,1H3. The third-order valence-electron chi connectivity index (χ3n) is 14.8. The van der Waals surface area contributed by atoms with Crippen molar-refractivity contribution in [3.8, 4) is 66.8 Å². The van der Waals surface area contributed by atoms with Crippen LogP contribution in [0, 0.1) is 6.92 Å². The smallest absolute Gasteiger partial charge is 0.0434 e. The number of hydrogen-bond acceptors (Lipinski definition) is 1. The van der Waals surface area contributed by atoms with Gasteiger partial charge in [0.2, 0.25) is 0 Å². The molecule has 1 heteroatoms. The Morgan fingerprint density at radius 1 is 0.273 bits per heavy atom. The molecule has 15 rings (SSSR count). The Labute approximate surface area is 385 Å². The predicted octanol–water partition coefficient (Wildman–Crippen LogP) is 19.0. The minimum Gasteiger partial charge on any atom is -0.135 e. The quantitative estimate of drug-likeness (QED) is 0.122. The molecule has 0 aliphatic heterocycles. The van der Waals surface area contributed by atoms with E-state index in [4.69, 9.17) is 0 Å². The van der Waals surface area contributed by atoms with Crippen LogP contribution in [-0.2, 0) is 0 Å². The van der Waals surface area contributed by atoms with Gasteiger partial charge < -0.3 is 0 Å². The van der Waals surface area contributed by atoms with Crippen LogP contribution in [0.4, 0.5) is 0 Å². The van der Waals surface area contributed by atoms with E-state index in [9.17, 15) is 0 Å². The van der Waals surface area contributed by atoms with Gasteiger partial charge in [-0.3, -0.25) is 0 Å². The van der Waals surface area contributed by atoms with Gasteiger partial charge in [-0.2, -0.15) is 0 Å². The molecule has 304 valence electrons. The molecule has 66 heavy (non-hydrogen) atoms. The topological polar surface area (TPSA) is 0 Å². The summed E-state index contributed by atoms with van der Waals surface area (Å²) in [6.07, 6.45) is 0. The summed E-state index contributed by atoms with van der Waals surface area (Å²) in [6.45, 7) is 2.18. The van der Waals surface area contributed by atoms with E-state index in [1.54, 1.807) is 0 Å². The lowest BCUT2D eigenvalue weighted by molar-refractivity contribution is 1.47. The van der Waals surface area contributed by atoms with Gasteiger partial charge in [0.15, 0.2) is 0 Å². The maximum atomic E-state index is 2.51. The normalized spacial score (nSPS) is 12.3. The summed E-state index contributed by atoms with van der Waals surface area (Å²) in [6, 6.07) is 80.4. The zero-order valence-corrected chi connectivity index (χ0v) is 36.9. The first-order chi connectivity index (χ1) is 32.7. The van der Waals surface area contributed by atoms with Crippen LogP contribution >= 0.6 is 11.3 Å². The first-order valence-corrected chi connectivity index (χ1v) is 23.8. The van der Waals surface area contributed by atoms with Crippen LogP contribution in [0.1, 0.15) is 5.56 Å². The number of fused-ring (bicyclic) bond motifs is 9. The SMILES string of the molecule is Cc1ccc(-c2c3c(c(-c4ccccc4)c4ccccc24)-c2cccc4c(-c5cc(-c6ccc7c8cccc9cccc(c%10cccc6c%107)c98)cc6c5sc5ccccc56)ccc-3c24)cc1. The third-order valence-corrected chi connectivity index (χ3v) is 16.0. The number of rotatable bonds is 4. The molecule has 0 radical (unpaired) electrons. The van der Waals surface area contributed by atoms with Crippen LogP contribution in [0.15, 0.2) is 212 Å². The van der Waals surface area contributed by atoms with Crippen LogP contribution in [-0.4, -0.2) is 0 Å². The molecule has 1 heterocycles. The van der Waals surface area contributed by atoms with Crippen LogP contribution in [0.3, 0.4) is 0 Å². The van der Waals surface area contributed by atoms with E-state index in [2.05, 4.69) is 219 Å². The van der Waals surface area contributed by atoms with Crippen molar-refractivity contribution >= 4 is 96.1 Å². The minimum absolute atomic E-state index is 1.24. The van der Waals surface area contributed by atoms with E-state index in [-0.39, 0.29) is 0 Å². The van der Waals surface area contributed by atoms with E-state index in [1.165, 1.54) is 157 Å². The van der Waals surface area contributed by atoms with Crippen molar-refractivity contribution in [2.24, 2.45) is 0 Å². The van der Waals surface area contributed by atoms with Crippen molar-refractivity contribution in [3.63, 3.8) is 0 Å². The summed E-state index contributed by atoms with van der Waals surface area (Å²) in [4.78, 5) is 0. The lowest BCUT2D eigenvalue weighted by atomic mass is 9.82. The maximum Gasteiger partial charge on any atom is 0.0434 e. The van der Waals surface area contributed by atoms with Gasteiger partial charge in [0, 0.05) is 25.7 Å². The molecule has 0 unspecified atom stereocenters. The van der Waals surface area contributed by atoms with E-state index >= 15 is 0 Å². The fraction of sp³-hybridized carbons (Fsp3) is 0.0154. The summed E-state index contributed by atoms with van der Waals surface area (Å²) >= 11 is 1.92.